The molecule has 1 aromatic heterocycles. The molecule has 0 fully saturated rings. The molecule has 0 aliphatic heterocycles. The number of halogens is 3. The molecule has 2 aromatic rings. The number of hydrogen-bond donors (Lipinski definition) is 1. The lowest BCUT2D eigenvalue weighted by Crippen LogP contribution is -2.30. The van der Waals surface area contributed by atoms with Crippen LogP contribution in [0, 0.1) is 0 Å². The van der Waals surface area contributed by atoms with Crippen molar-refractivity contribution in [1.29, 1.82) is 0 Å². The Morgan fingerprint density at radius 2 is 2.05 bits per heavy atom. The largest absolute Gasteiger partial charge is 0.480 e. The minimum atomic E-state index is -4.55. The summed E-state index contributed by atoms with van der Waals surface area (Å²) < 4.78 is 43.7. The molecule has 0 saturated heterocycles. The van der Waals surface area contributed by atoms with Crippen LogP contribution in [-0.4, -0.2) is 22.8 Å². The number of nitrogens with two attached hydrogens (primary N) is 1. The second-order valence-corrected chi connectivity index (χ2v) is 4.20. The fourth-order valence-electron chi connectivity index (χ4n) is 1.84. The van der Waals surface area contributed by atoms with E-state index in [-0.39, 0.29) is 16.7 Å². The summed E-state index contributed by atoms with van der Waals surface area (Å²) in [6.45, 7) is -0.494. The summed E-state index contributed by atoms with van der Waals surface area (Å²) in [5, 5.41) is 3.57. The zero-order valence-electron chi connectivity index (χ0n) is 10.8. The van der Waals surface area contributed by atoms with E-state index in [9.17, 15) is 22.8 Å². The Bertz CT molecular complexity index is 768. The van der Waals surface area contributed by atoms with Gasteiger partial charge in [-0.25, -0.2) is 4.68 Å². The van der Waals surface area contributed by atoms with Crippen molar-refractivity contribution in [3.63, 3.8) is 0 Å². The average molecular weight is 301 g/mol. The van der Waals surface area contributed by atoms with E-state index in [0.29, 0.717) is 0 Å². The first-order chi connectivity index (χ1) is 9.74. The normalized spacial score (nSPS) is 11.6. The predicted octanol–water partition coefficient (Wildman–Crippen LogP) is 0.909. The van der Waals surface area contributed by atoms with Crippen LogP contribution in [0.25, 0.3) is 10.8 Å². The lowest BCUT2D eigenvalue weighted by molar-refractivity contribution is -0.137. The number of aromatic nitrogens is 2. The molecule has 0 aliphatic rings. The van der Waals surface area contributed by atoms with Gasteiger partial charge in [0.05, 0.1) is 23.4 Å². The molecule has 1 heterocycles. The van der Waals surface area contributed by atoms with Gasteiger partial charge in [0, 0.05) is 0 Å². The highest BCUT2D eigenvalue weighted by molar-refractivity contribution is 5.87. The predicted molar refractivity (Wildman–Crippen MR) is 66.8 cm³/mol. The molecule has 0 spiro atoms. The fraction of sp³-hybridized carbons (Fsp3) is 0.250. The minimum absolute atomic E-state index is 0.0453. The zero-order valence-corrected chi connectivity index (χ0v) is 10.8. The number of benzene rings is 1. The topological polar surface area (TPSA) is 87.2 Å². The number of ether oxygens (including phenoxy) is 1. The van der Waals surface area contributed by atoms with Crippen molar-refractivity contribution in [2.24, 2.45) is 5.73 Å². The fourth-order valence-corrected chi connectivity index (χ4v) is 1.84. The van der Waals surface area contributed by atoms with Gasteiger partial charge in [-0.2, -0.15) is 13.2 Å². The van der Waals surface area contributed by atoms with Crippen LogP contribution >= 0.6 is 0 Å². The Morgan fingerprint density at radius 1 is 1.38 bits per heavy atom. The number of amides is 1. The standard InChI is InChI=1S/C12H10F3N3O3/c1-21-10-8-4-6(12(13,14)15)2-3-7(8)11(20)18(17-10)5-9(16)19/h2-4H,5H2,1H3,(H2,16,19). The van der Waals surface area contributed by atoms with Crippen molar-refractivity contribution >= 4 is 16.7 Å². The number of nitrogens with zero attached hydrogens (tertiary/aromatic N) is 2. The van der Waals surface area contributed by atoms with Gasteiger partial charge in [0.1, 0.15) is 6.54 Å². The zero-order chi connectivity index (χ0) is 15.8. The summed E-state index contributed by atoms with van der Waals surface area (Å²) >= 11 is 0. The van der Waals surface area contributed by atoms with E-state index in [1.165, 1.54) is 7.11 Å². The SMILES string of the molecule is COc1nn(CC(N)=O)c(=O)c2ccc(C(F)(F)F)cc12. The summed E-state index contributed by atoms with van der Waals surface area (Å²) in [6.07, 6.45) is -4.55. The number of methoxy groups -OCH3 is 1. The van der Waals surface area contributed by atoms with Crippen LogP contribution in [0.3, 0.4) is 0 Å². The maximum absolute atomic E-state index is 12.7. The van der Waals surface area contributed by atoms with Crippen LogP contribution in [0.15, 0.2) is 23.0 Å². The number of primary amides is 1. The van der Waals surface area contributed by atoms with E-state index in [1.54, 1.807) is 0 Å². The molecule has 2 rings (SSSR count). The van der Waals surface area contributed by atoms with Gasteiger partial charge >= 0.3 is 6.18 Å². The molecule has 0 aliphatic carbocycles. The van der Waals surface area contributed by atoms with Crippen molar-refractivity contribution in [2.75, 3.05) is 7.11 Å². The number of fused-ring (bicyclic) bond motifs is 1. The maximum Gasteiger partial charge on any atom is 0.416 e. The van der Waals surface area contributed by atoms with Gasteiger partial charge in [-0.15, -0.1) is 5.10 Å². The van der Waals surface area contributed by atoms with Crippen LogP contribution in [0.2, 0.25) is 0 Å². The van der Waals surface area contributed by atoms with Crippen molar-refractivity contribution in [3.8, 4) is 5.88 Å². The summed E-state index contributed by atoms with van der Waals surface area (Å²) in [5.74, 6) is -1.00. The van der Waals surface area contributed by atoms with Crippen LogP contribution in [-0.2, 0) is 17.5 Å². The third-order valence-corrected chi connectivity index (χ3v) is 2.75. The lowest BCUT2D eigenvalue weighted by atomic mass is 10.1. The Labute approximate surface area is 115 Å². The molecule has 0 saturated carbocycles. The van der Waals surface area contributed by atoms with Crippen molar-refractivity contribution in [1.82, 2.24) is 9.78 Å². The number of rotatable bonds is 3. The van der Waals surface area contributed by atoms with Gasteiger partial charge in [-0.3, -0.25) is 9.59 Å². The molecule has 6 nitrogen and oxygen atoms in total. The maximum atomic E-state index is 12.7. The molecular formula is C12H10F3N3O3. The van der Waals surface area contributed by atoms with E-state index >= 15 is 0 Å². The van der Waals surface area contributed by atoms with Gasteiger partial charge in [0.2, 0.25) is 11.8 Å². The average Bonchev–Trinajstić information content (AvgIpc) is 2.40. The Morgan fingerprint density at radius 3 is 2.57 bits per heavy atom. The van der Waals surface area contributed by atoms with Gasteiger partial charge in [0.25, 0.3) is 5.56 Å². The second kappa shape index (κ2) is 5.08. The van der Waals surface area contributed by atoms with E-state index in [4.69, 9.17) is 10.5 Å². The third kappa shape index (κ3) is 2.81. The summed E-state index contributed by atoms with van der Waals surface area (Å²) in [4.78, 5) is 22.9. The summed E-state index contributed by atoms with van der Waals surface area (Å²) in [7, 11) is 1.20. The number of alkyl halides is 3. The Kier molecular flexibility index (Phi) is 3.58. The van der Waals surface area contributed by atoms with Gasteiger partial charge in [-0.05, 0) is 18.2 Å². The molecular weight excluding hydrogens is 291 g/mol. The van der Waals surface area contributed by atoms with Crippen molar-refractivity contribution in [2.45, 2.75) is 12.7 Å². The highest BCUT2D eigenvalue weighted by Crippen LogP contribution is 2.32. The van der Waals surface area contributed by atoms with E-state index < -0.39 is 29.8 Å². The molecule has 0 unspecified atom stereocenters. The van der Waals surface area contributed by atoms with Gasteiger partial charge in [0.15, 0.2) is 0 Å². The second-order valence-electron chi connectivity index (χ2n) is 4.20. The first-order valence-corrected chi connectivity index (χ1v) is 5.68. The number of hydrogen-bond acceptors (Lipinski definition) is 4. The third-order valence-electron chi connectivity index (χ3n) is 2.75. The first kappa shape index (κ1) is 14.8. The molecule has 21 heavy (non-hydrogen) atoms. The van der Waals surface area contributed by atoms with Crippen molar-refractivity contribution in [3.05, 3.63) is 34.1 Å². The quantitative estimate of drug-likeness (QED) is 0.912. The number of carbonyl (C=O) groups excluding carboxylic acids is 1. The molecule has 1 amide bonds. The Hall–Kier alpha value is -2.58. The summed E-state index contributed by atoms with van der Waals surface area (Å²) in [5.41, 5.74) is 3.33. The lowest BCUT2D eigenvalue weighted by Gasteiger charge is -2.11. The molecule has 0 atom stereocenters. The smallest absolute Gasteiger partial charge is 0.416 e. The highest BCUT2D eigenvalue weighted by Gasteiger charge is 2.31. The highest BCUT2D eigenvalue weighted by atomic mass is 19.4. The molecule has 9 heteroatoms. The molecule has 0 radical (unpaired) electrons. The van der Waals surface area contributed by atoms with Gasteiger partial charge < -0.3 is 10.5 Å². The van der Waals surface area contributed by atoms with E-state index in [0.717, 1.165) is 22.9 Å². The van der Waals surface area contributed by atoms with Crippen LogP contribution in [0.4, 0.5) is 13.2 Å². The number of carbonyl (C=O) groups is 1. The van der Waals surface area contributed by atoms with E-state index in [2.05, 4.69) is 5.10 Å². The first-order valence-electron chi connectivity index (χ1n) is 5.68. The molecule has 2 N–H and O–H groups in total. The summed E-state index contributed by atoms with van der Waals surface area (Å²) in [6, 6.07) is 2.57. The van der Waals surface area contributed by atoms with Gasteiger partial charge in [-0.1, -0.05) is 0 Å². The Balaban J connectivity index is 2.76. The van der Waals surface area contributed by atoms with E-state index in [1.807, 2.05) is 0 Å². The molecule has 112 valence electrons. The minimum Gasteiger partial charge on any atom is -0.480 e. The van der Waals surface area contributed by atoms with Crippen molar-refractivity contribution < 1.29 is 22.7 Å². The van der Waals surface area contributed by atoms with Crippen LogP contribution < -0.4 is 16.0 Å². The monoisotopic (exact) mass is 301 g/mol. The van der Waals surface area contributed by atoms with Crippen LogP contribution in [0.1, 0.15) is 5.56 Å². The molecule has 0 bridgehead atoms. The molecule has 1 aromatic carbocycles. The van der Waals surface area contributed by atoms with Crippen LogP contribution in [0.5, 0.6) is 5.88 Å².